The van der Waals surface area contributed by atoms with E-state index >= 15 is 0 Å². The maximum absolute atomic E-state index is 11.2. The molecule has 1 aliphatic heterocycles. The monoisotopic (exact) mass is 250 g/mol. The quantitative estimate of drug-likeness (QED) is 0.767. The molecule has 2 fully saturated rings. The molecule has 5 atom stereocenters. The van der Waals surface area contributed by atoms with Crippen molar-refractivity contribution in [3.63, 3.8) is 0 Å². The van der Waals surface area contributed by atoms with Crippen LogP contribution >= 0.6 is 0 Å². The van der Waals surface area contributed by atoms with E-state index in [1.807, 2.05) is 0 Å². The Kier molecular flexibility index (Phi) is 2.77. The van der Waals surface area contributed by atoms with E-state index in [0.717, 1.165) is 25.4 Å². The molecule has 2 aliphatic carbocycles. The molecule has 1 N–H and O–H groups in total. The molecule has 0 aromatic carbocycles. The molecule has 0 aromatic heterocycles. The molecule has 100 valence electrons. The van der Waals surface area contributed by atoms with E-state index < -0.39 is 5.97 Å². The molecule has 0 bridgehead atoms. The Hall–Kier alpha value is -0.830. The van der Waals surface area contributed by atoms with Gasteiger partial charge in [0.25, 0.3) is 0 Å². The van der Waals surface area contributed by atoms with Crippen molar-refractivity contribution in [1.82, 2.24) is 0 Å². The second kappa shape index (κ2) is 4.09. The number of hydrogen-bond donors (Lipinski definition) is 1. The summed E-state index contributed by atoms with van der Waals surface area (Å²) in [5.74, 6) is 1.59. The van der Waals surface area contributed by atoms with Gasteiger partial charge in [0.15, 0.2) is 0 Å². The molecule has 1 unspecified atom stereocenters. The van der Waals surface area contributed by atoms with Crippen LogP contribution in [0.2, 0.25) is 0 Å². The van der Waals surface area contributed by atoms with E-state index in [1.165, 1.54) is 12.8 Å². The van der Waals surface area contributed by atoms with Gasteiger partial charge in [-0.25, -0.2) is 4.79 Å². The molecule has 1 saturated carbocycles. The van der Waals surface area contributed by atoms with Crippen LogP contribution in [0.1, 0.15) is 39.5 Å². The van der Waals surface area contributed by atoms with Crippen LogP contribution in [0.3, 0.4) is 0 Å². The molecule has 18 heavy (non-hydrogen) atoms. The topological polar surface area (TPSA) is 49.8 Å². The third kappa shape index (κ3) is 1.89. The zero-order valence-electron chi connectivity index (χ0n) is 11.2. The van der Waals surface area contributed by atoms with Gasteiger partial charge in [-0.1, -0.05) is 19.4 Å². The van der Waals surface area contributed by atoms with Crippen LogP contribution in [0.25, 0.3) is 0 Å². The third-order valence-corrected chi connectivity index (χ3v) is 5.42. The third-order valence-electron chi connectivity index (χ3n) is 5.42. The van der Waals surface area contributed by atoms with Gasteiger partial charge in [-0.3, -0.25) is 0 Å². The minimum atomic E-state index is -0.729. The molecule has 3 rings (SSSR count). The number of rotatable bonds is 2. The van der Waals surface area contributed by atoms with E-state index in [-0.39, 0.29) is 5.60 Å². The van der Waals surface area contributed by atoms with E-state index in [2.05, 4.69) is 19.9 Å². The lowest BCUT2D eigenvalue weighted by atomic mass is 9.60. The van der Waals surface area contributed by atoms with E-state index in [1.54, 1.807) is 0 Å². The molecule has 3 nitrogen and oxygen atoms in total. The van der Waals surface area contributed by atoms with Crippen molar-refractivity contribution >= 4 is 5.97 Å². The summed E-state index contributed by atoms with van der Waals surface area (Å²) in [7, 11) is 0. The summed E-state index contributed by atoms with van der Waals surface area (Å²) in [4.78, 5) is 11.2. The first-order valence-corrected chi connectivity index (χ1v) is 7.09. The van der Waals surface area contributed by atoms with Gasteiger partial charge in [0.1, 0.15) is 0 Å². The van der Waals surface area contributed by atoms with E-state index in [4.69, 9.17) is 4.74 Å². The fourth-order valence-corrected chi connectivity index (χ4v) is 4.10. The van der Waals surface area contributed by atoms with Crippen LogP contribution in [0, 0.1) is 23.7 Å². The van der Waals surface area contributed by atoms with Crippen molar-refractivity contribution in [1.29, 1.82) is 0 Å². The molecule has 1 heterocycles. The normalized spacial score (nSPS) is 47.1. The first-order chi connectivity index (χ1) is 8.51. The Morgan fingerprint density at radius 1 is 1.44 bits per heavy atom. The summed E-state index contributed by atoms with van der Waals surface area (Å²) in [6.45, 7) is 5.36. The molecule has 0 aromatic rings. The Bertz CT molecular complexity index is 395. The van der Waals surface area contributed by atoms with Crippen molar-refractivity contribution in [3.8, 4) is 0 Å². The first-order valence-electron chi connectivity index (χ1n) is 7.09. The highest BCUT2D eigenvalue weighted by Gasteiger charge is 2.53. The lowest BCUT2D eigenvalue weighted by Gasteiger charge is -2.44. The number of epoxide rings is 1. The smallest absolute Gasteiger partial charge is 0.331 e. The van der Waals surface area contributed by atoms with Crippen molar-refractivity contribution in [3.05, 3.63) is 11.6 Å². The summed E-state index contributed by atoms with van der Waals surface area (Å²) in [5.41, 5.74) is 0.653. The van der Waals surface area contributed by atoms with Gasteiger partial charge < -0.3 is 9.84 Å². The van der Waals surface area contributed by atoms with Gasteiger partial charge in [-0.05, 0) is 49.9 Å². The highest BCUT2D eigenvalue weighted by Crippen LogP contribution is 2.53. The standard InChI is InChI=1S/C15H22O3/c1-9-3-6-13(15(2)8-18-15)12-7-10(14(16)17)4-5-11(9)12/h7,9,11-13H,3-6,8H2,1-2H3,(H,16,17)/t9-,11-,12+,13+,15?/m1/s1. The second-order valence-electron chi connectivity index (χ2n) is 6.54. The lowest BCUT2D eigenvalue weighted by molar-refractivity contribution is -0.133. The van der Waals surface area contributed by atoms with Crippen LogP contribution in [0.15, 0.2) is 11.6 Å². The summed E-state index contributed by atoms with van der Waals surface area (Å²) >= 11 is 0. The maximum Gasteiger partial charge on any atom is 0.331 e. The minimum Gasteiger partial charge on any atom is -0.478 e. The number of carboxylic acid groups (broad SMARTS) is 1. The summed E-state index contributed by atoms with van der Waals surface area (Å²) < 4.78 is 5.64. The number of carbonyl (C=O) groups is 1. The van der Waals surface area contributed by atoms with Crippen LogP contribution in [-0.2, 0) is 9.53 Å². The number of allylic oxidation sites excluding steroid dienone is 1. The summed E-state index contributed by atoms with van der Waals surface area (Å²) in [5, 5.41) is 9.20. The molecule has 0 radical (unpaired) electrons. The summed E-state index contributed by atoms with van der Waals surface area (Å²) in [6.07, 6.45) is 6.29. The SMILES string of the molecule is C[C@@H]1CC[C@H](C2(C)CO2)[C@H]2C=C(C(=O)O)CC[C@@H]21. The van der Waals surface area contributed by atoms with Gasteiger partial charge >= 0.3 is 5.97 Å². The molecule has 3 heteroatoms. The number of carboxylic acids is 1. The van der Waals surface area contributed by atoms with Crippen molar-refractivity contribution < 1.29 is 14.6 Å². The minimum absolute atomic E-state index is 0.0283. The van der Waals surface area contributed by atoms with Gasteiger partial charge in [0, 0.05) is 5.57 Å². The van der Waals surface area contributed by atoms with E-state index in [9.17, 15) is 9.90 Å². The number of aliphatic carboxylic acids is 1. The second-order valence-corrected chi connectivity index (χ2v) is 6.54. The first kappa shape index (κ1) is 12.2. The molecular weight excluding hydrogens is 228 g/mol. The van der Waals surface area contributed by atoms with Crippen molar-refractivity contribution in [2.45, 2.75) is 45.1 Å². The number of ether oxygens (including phenoxy) is 1. The highest BCUT2D eigenvalue weighted by atomic mass is 16.6. The average molecular weight is 250 g/mol. The Morgan fingerprint density at radius 3 is 2.78 bits per heavy atom. The lowest BCUT2D eigenvalue weighted by Crippen LogP contribution is -2.41. The Labute approximate surface area is 108 Å². The van der Waals surface area contributed by atoms with Crippen LogP contribution in [-0.4, -0.2) is 23.3 Å². The predicted molar refractivity (Wildman–Crippen MR) is 68.2 cm³/mol. The number of fused-ring (bicyclic) bond motifs is 1. The molecule has 0 spiro atoms. The molecular formula is C15H22O3. The molecule has 1 saturated heterocycles. The highest BCUT2D eigenvalue weighted by molar-refractivity contribution is 5.86. The fraction of sp³-hybridized carbons (Fsp3) is 0.800. The average Bonchev–Trinajstić information content (AvgIpc) is 3.08. The van der Waals surface area contributed by atoms with Crippen LogP contribution in [0.5, 0.6) is 0 Å². The Morgan fingerprint density at radius 2 is 2.17 bits per heavy atom. The molecule has 3 aliphatic rings. The van der Waals surface area contributed by atoms with Gasteiger partial charge in [-0.15, -0.1) is 0 Å². The molecule has 0 amide bonds. The van der Waals surface area contributed by atoms with Gasteiger partial charge in [-0.2, -0.15) is 0 Å². The zero-order valence-corrected chi connectivity index (χ0v) is 11.2. The van der Waals surface area contributed by atoms with Crippen LogP contribution < -0.4 is 0 Å². The predicted octanol–water partition coefficient (Wildman–Crippen LogP) is 2.86. The van der Waals surface area contributed by atoms with Gasteiger partial charge in [0.05, 0.1) is 12.2 Å². The zero-order chi connectivity index (χ0) is 12.9. The van der Waals surface area contributed by atoms with Crippen molar-refractivity contribution in [2.75, 3.05) is 6.61 Å². The van der Waals surface area contributed by atoms with Crippen LogP contribution in [0.4, 0.5) is 0 Å². The Balaban J connectivity index is 1.90. The number of hydrogen-bond acceptors (Lipinski definition) is 2. The van der Waals surface area contributed by atoms with Gasteiger partial charge in [0.2, 0.25) is 0 Å². The maximum atomic E-state index is 11.2. The largest absolute Gasteiger partial charge is 0.478 e. The fourth-order valence-electron chi connectivity index (χ4n) is 4.10. The summed E-state index contributed by atoms with van der Waals surface area (Å²) in [6, 6.07) is 0. The van der Waals surface area contributed by atoms with Crippen molar-refractivity contribution in [2.24, 2.45) is 23.7 Å². The van der Waals surface area contributed by atoms with E-state index in [0.29, 0.717) is 23.3 Å².